The van der Waals surface area contributed by atoms with Crippen molar-refractivity contribution in [3.05, 3.63) is 211 Å². The summed E-state index contributed by atoms with van der Waals surface area (Å²) in [6.45, 7) is 20.4. The molecule has 5 heteroatoms. The minimum Gasteiger partial charge on any atom is -0.507 e. The Morgan fingerprint density at radius 2 is 0.972 bits per heavy atom. The summed E-state index contributed by atoms with van der Waals surface area (Å²) >= 11 is 0. The van der Waals surface area contributed by atoms with Gasteiger partial charge >= 0.3 is 0 Å². The molecule has 0 aliphatic carbocycles. The quantitative estimate of drug-likeness (QED) is 0.173. The highest BCUT2D eigenvalue weighted by molar-refractivity contribution is 6.10. The molecule has 3 aromatic heterocycles. The van der Waals surface area contributed by atoms with Crippen LogP contribution in [0.3, 0.4) is 0 Å². The second-order valence-electron chi connectivity index (χ2n) is 22.2. The van der Waals surface area contributed by atoms with Crippen LogP contribution in [-0.2, 0) is 16.2 Å². The van der Waals surface area contributed by atoms with Crippen molar-refractivity contribution in [1.82, 2.24) is 19.1 Å². The van der Waals surface area contributed by atoms with Crippen molar-refractivity contribution in [2.75, 3.05) is 0 Å². The van der Waals surface area contributed by atoms with Gasteiger partial charge < -0.3 is 9.67 Å². The molecule has 0 aliphatic rings. The number of fused-ring (bicyclic) bond motifs is 4. The SMILES string of the molecule is CC(C)(C)c1cc(-c2cc(-c3ccc4c5ccccc5n(-c5cccc(-c6ccccc6)c5)c4c3)ccn2)cc(-c2cccc3c2nc(-c2ccccc2O)n3-c2cc(C(C)(C)C)cc(C(C)(C)C)c2)c1. The fourth-order valence-electron chi connectivity index (χ4n) is 10.1. The highest BCUT2D eigenvalue weighted by atomic mass is 16.3. The molecule has 0 fully saturated rings. The molecule has 0 radical (unpaired) electrons. The maximum absolute atomic E-state index is 11.4. The van der Waals surface area contributed by atoms with Gasteiger partial charge in [0, 0.05) is 39.5 Å². The number of phenolic OH excluding ortho intramolecular Hbond substituents is 1. The van der Waals surface area contributed by atoms with Crippen molar-refractivity contribution in [3.63, 3.8) is 0 Å². The Labute approximate surface area is 417 Å². The summed E-state index contributed by atoms with van der Waals surface area (Å²) < 4.78 is 4.65. The Morgan fingerprint density at radius 3 is 1.72 bits per heavy atom. The van der Waals surface area contributed by atoms with E-state index < -0.39 is 0 Å². The van der Waals surface area contributed by atoms with E-state index in [2.05, 4.69) is 235 Å². The zero-order valence-corrected chi connectivity index (χ0v) is 42.2. The first-order valence-electron chi connectivity index (χ1n) is 24.8. The predicted octanol–water partition coefficient (Wildman–Crippen LogP) is 17.5. The molecule has 0 bridgehead atoms. The molecule has 350 valence electrons. The molecule has 3 heterocycles. The largest absolute Gasteiger partial charge is 0.507 e. The molecular weight excluding hydrogens is 865 g/mol. The van der Waals surface area contributed by atoms with Crippen LogP contribution in [0.15, 0.2) is 194 Å². The van der Waals surface area contributed by atoms with Gasteiger partial charge in [-0.2, -0.15) is 0 Å². The van der Waals surface area contributed by atoms with E-state index in [1.54, 1.807) is 6.07 Å². The van der Waals surface area contributed by atoms with Crippen LogP contribution in [0, 0.1) is 0 Å². The van der Waals surface area contributed by atoms with Gasteiger partial charge in [-0.05, 0) is 140 Å². The van der Waals surface area contributed by atoms with E-state index in [0.717, 1.165) is 61.4 Å². The Balaban J connectivity index is 1.07. The average Bonchev–Trinajstić information content (AvgIpc) is 3.92. The van der Waals surface area contributed by atoms with Crippen LogP contribution in [0.4, 0.5) is 0 Å². The lowest BCUT2D eigenvalue weighted by molar-refractivity contribution is 0.477. The number of pyridine rings is 1. The second-order valence-corrected chi connectivity index (χ2v) is 22.2. The minimum atomic E-state index is -0.163. The molecule has 0 saturated heterocycles. The number of nitrogens with zero attached hydrogens (tertiary/aromatic N) is 4. The van der Waals surface area contributed by atoms with Gasteiger partial charge in [0.15, 0.2) is 0 Å². The fraction of sp³-hybridized carbons (Fsp3) is 0.182. The molecule has 0 aliphatic heterocycles. The number of hydrogen-bond donors (Lipinski definition) is 1. The van der Waals surface area contributed by atoms with Gasteiger partial charge in [-0.15, -0.1) is 0 Å². The number of aromatic hydroxyl groups is 1. The van der Waals surface area contributed by atoms with E-state index in [9.17, 15) is 5.11 Å². The third-order valence-electron chi connectivity index (χ3n) is 14.1. The van der Waals surface area contributed by atoms with Crippen LogP contribution in [-0.4, -0.2) is 24.2 Å². The fourth-order valence-corrected chi connectivity index (χ4v) is 10.1. The number of benzene rings is 8. The van der Waals surface area contributed by atoms with Crippen LogP contribution in [0.25, 0.3) is 100 Å². The smallest absolute Gasteiger partial charge is 0.149 e. The van der Waals surface area contributed by atoms with Gasteiger partial charge in [-0.1, -0.05) is 172 Å². The van der Waals surface area contributed by atoms with Crippen LogP contribution in [0.2, 0.25) is 0 Å². The van der Waals surface area contributed by atoms with Crippen molar-refractivity contribution >= 4 is 32.8 Å². The molecule has 11 rings (SSSR count). The van der Waals surface area contributed by atoms with Gasteiger partial charge in [-0.3, -0.25) is 9.55 Å². The first-order valence-corrected chi connectivity index (χ1v) is 24.8. The van der Waals surface area contributed by atoms with Crippen LogP contribution >= 0.6 is 0 Å². The van der Waals surface area contributed by atoms with E-state index in [1.807, 2.05) is 24.4 Å². The van der Waals surface area contributed by atoms with E-state index in [-0.39, 0.29) is 22.0 Å². The predicted molar refractivity (Wildman–Crippen MR) is 298 cm³/mol. The van der Waals surface area contributed by atoms with Crippen molar-refractivity contribution in [1.29, 1.82) is 0 Å². The summed E-state index contributed by atoms with van der Waals surface area (Å²) in [6.07, 6.45) is 1.94. The van der Waals surface area contributed by atoms with Crippen LogP contribution < -0.4 is 0 Å². The van der Waals surface area contributed by atoms with Gasteiger partial charge in [0.1, 0.15) is 11.6 Å². The molecule has 0 atom stereocenters. The summed E-state index contributed by atoms with van der Waals surface area (Å²) in [5.41, 5.74) is 18.9. The van der Waals surface area contributed by atoms with Crippen molar-refractivity contribution in [3.8, 4) is 73.2 Å². The Morgan fingerprint density at radius 1 is 0.380 bits per heavy atom. The molecule has 0 amide bonds. The zero-order valence-electron chi connectivity index (χ0n) is 42.2. The second kappa shape index (κ2) is 17.1. The number of imidazole rings is 1. The first kappa shape index (κ1) is 45.4. The number of rotatable bonds is 7. The molecule has 11 aromatic rings. The Hall–Kier alpha value is -8.02. The summed E-state index contributed by atoms with van der Waals surface area (Å²) in [5, 5.41) is 13.9. The lowest BCUT2D eigenvalue weighted by Crippen LogP contribution is -2.17. The van der Waals surface area contributed by atoms with E-state index >= 15 is 0 Å². The lowest BCUT2D eigenvalue weighted by atomic mass is 9.80. The normalized spacial score (nSPS) is 12.4. The van der Waals surface area contributed by atoms with E-state index in [1.165, 1.54) is 44.1 Å². The molecular formula is C66H60N4O. The maximum Gasteiger partial charge on any atom is 0.149 e. The monoisotopic (exact) mass is 924 g/mol. The number of aromatic nitrogens is 4. The Bertz CT molecular complexity index is 3800. The summed E-state index contributed by atoms with van der Waals surface area (Å²) in [5.74, 6) is 0.882. The molecule has 0 unspecified atom stereocenters. The number of para-hydroxylation sites is 3. The molecule has 71 heavy (non-hydrogen) atoms. The maximum atomic E-state index is 11.4. The van der Waals surface area contributed by atoms with Crippen molar-refractivity contribution in [2.45, 2.75) is 78.6 Å². The summed E-state index contributed by atoms with van der Waals surface area (Å²) in [6, 6.07) is 67.2. The summed E-state index contributed by atoms with van der Waals surface area (Å²) in [4.78, 5) is 10.6. The Kier molecular flexibility index (Phi) is 11.0. The van der Waals surface area contributed by atoms with E-state index in [0.29, 0.717) is 11.4 Å². The van der Waals surface area contributed by atoms with Gasteiger partial charge in [-0.25, -0.2) is 4.98 Å². The van der Waals surface area contributed by atoms with Gasteiger partial charge in [0.2, 0.25) is 0 Å². The highest BCUT2D eigenvalue weighted by Gasteiger charge is 2.26. The number of phenols is 1. The third-order valence-corrected chi connectivity index (χ3v) is 14.1. The molecule has 0 spiro atoms. The average molecular weight is 925 g/mol. The minimum absolute atomic E-state index is 0.0934. The topological polar surface area (TPSA) is 55.9 Å². The van der Waals surface area contributed by atoms with Gasteiger partial charge in [0.05, 0.1) is 33.3 Å². The lowest BCUT2D eigenvalue weighted by Gasteiger charge is -2.27. The summed E-state index contributed by atoms with van der Waals surface area (Å²) in [7, 11) is 0. The molecule has 0 saturated carbocycles. The van der Waals surface area contributed by atoms with Crippen molar-refractivity contribution < 1.29 is 5.11 Å². The standard InChI is InChI=1S/C66H60N4O/c1-64(2,3)48-34-46(53-25-18-27-59-62(53)68-63(56-24-14-16-28-61(56)71)70(59)52-40-49(65(4,5)6)39-50(41-52)66(7,8)9)33-47(35-48)57-37-45(31-32-67-57)44-29-30-55-54-23-13-15-26-58(54)69(60(55)38-44)51-22-17-21-43(36-51)42-19-11-10-12-20-42/h10-41,71H,1-9H3. The molecule has 8 aromatic carbocycles. The molecule has 1 N–H and O–H groups in total. The first-order chi connectivity index (χ1) is 34.0. The highest BCUT2D eigenvalue weighted by Crippen LogP contribution is 2.42. The van der Waals surface area contributed by atoms with Crippen molar-refractivity contribution in [2.24, 2.45) is 0 Å². The third kappa shape index (κ3) is 8.39. The number of hydrogen-bond acceptors (Lipinski definition) is 3. The zero-order chi connectivity index (χ0) is 49.4. The van der Waals surface area contributed by atoms with E-state index in [4.69, 9.17) is 9.97 Å². The molecule has 5 nitrogen and oxygen atoms in total. The van der Waals surface area contributed by atoms with Gasteiger partial charge in [0.25, 0.3) is 0 Å². The van der Waals surface area contributed by atoms with Crippen LogP contribution in [0.1, 0.15) is 79.0 Å². The van der Waals surface area contributed by atoms with Crippen LogP contribution in [0.5, 0.6) is 5.75 Å².